The topological polar surface area (TPSA) is 85.2 Å². The van der Waals surface area contributed by atoms with Gasteiger partial charge in [0.1, 0.15) is 0 Å². The van der Waals surface area contributed by atoms with E-state index in [-0.39, 0.29) is 11.8 Å². The predicted molar refractivity (Wildman–Crippen MR) is 85.4 cm³/mol. The summed E-state index contributed by atoms with van der Waals surface area (Å²) < 4.78 is 6.68. The lowest BCUT2D eigenvalue weighted by Gasteiger charge is -2.32. The molecule has 3 rings (SSSR count). The molecular weight excluding hydrogens is 296 g/mol. The third-order valence-electron chi connectivity index (χ3n) is 3.92. The minimum Gasteiger partial charge on any atom is -0.480 e. The molecule has 1 unspecified atom stereocenters. The van der Waals surface area contributed by atoms with E-state index < -0.39 is 0 Å². The number of anilines is 2. The Labute approximate surface area is 134 Å². The number of carbonyl (C=O) groups is 1. The summed E-state index contributed by atoms with van der Waals surface area (Å²) in [6.07, 6.45) is 3.60. The number of nitrogens with zero attached hydrogens (tertiary/aromatic N) is 5. The Kier molecular flexibility index (Phi) is 4.40. The van der Waals surface area contributed by atoms with Gasteiger partial charge in [-0.15, -0.1) is 10.2 Å². The van der Waals surface area contributed by atoms with Gasteiger partial charge in [-0.25, -0.2) is 0 Å². The molecule has 1 atom stereocenters. The molecule has 1 saturated heterocycles. The number of methoxy groups -OCH3 is 1. The van der Waals surface area contributed by atoms with Crippen molar-refractivity contribution in [1.29, 1.82) is 0 Å². The van der Waals surface area contributed by atoms with Crippen molar-refractivity contribution in [2.24, 2.45) is 13.0 Å². The van der Waals surface area contributed by atoms with Crippen LogP contribution >= 0.6 is 0 Å². The summed E-state index contributed by atoms with van der Waals surface area (Å²) in [5.74, 6) is 1.74. The highest BCUT2D eigenvalue weighted by atomic mass is 16.5. The summed E-state index contributed by atoms with van der Waals surface area (Å²) in [5, 5.41) is 15.2. The molecule has 1 aliphatic heterocycles. The van der Waals surface area contributed by atoms with Crippen molar-refractivity contribution in [2.45, 2.75) is 12.8 Å². The fourth-order valence-corrected chi connectivity index (χ4v) is 2.70. The molecule has 1 amide bonds. The van der Waals surface area contributed by atoms with Crippen molar-refractivity contribution in [1.82, 2.24) is 20.0 Å². The van der Waals surface area contributed by atoms with Crippen LogP contribution in [0.5, 0.6) is 5.88 Å². The number of rotatable bonds is 4. The van der Waals surface area contributed by atoms with Gasteiger partial charge in [-0.3, -0.25) is 9.48 Å². The van der Waals surface area contributed by atoms with Gasteiger partial charge in [0.15, 0.2) is 11.6 Å². The molecule has 23 heavy (non-hydrogen) atoms. The van der Waals surface area contributed by atoms with Gasteiger partial charge >= 0.3 is 0 Å². The molecule has 8 heteroatoms. The SMILES string of the molecule is COc1ccc(N2CCCC(C(=O)Nc3ccn(C)n3)C2)nn1. The van der Waals surface area contributed by atoms with Crippen molar-refractivity contribution in [3.05, 3.63) is 24.4 Å². The molecule has 0 saturated carbocycles. The summed E-state index contributed by atoms with van der Waals surface area (Å²) in [7, 11) is 3.38. The van der Waals surface area contributed by atoms with Crippen LogP contribution in [0.1, 0.15) is 12.8 Å². The molecule has 0 aliphatic carbocycles. The van der Waals surface area contributed by atoms with Crippen LogP contribution in [0.25, 0.3) is 0 Å². The number of piperidine rings is 1. The lowest BCUT2D eigenvalue weighted by atomic mass is 9.97. The van der Waals surface area contributed by atoms with E-state index in [2.05, 4.69) is 25.5 Å². The van der Waals surface area contributed by atoms with Gasteiger partial charge in [-0.2, -0.15) is 5.10 Å². The molecule has 122 valence electrons. The number of aromatic nitrogens is 4. The van der Waals surface area contributed by atoms with E-state index in [9.17, 15) is 4.79 Å². The standard InChI is InChI=1S/C15H20N6O2/c1-20-9-7-12(19-20)16-15(22)11-4-3-8-21(10-11)13-5-6-14(23-2)18-17-13/h5-7,9,11H,3-4,8,10H2,1-2H3,(H,16,19,22). The van der Waals surface area contributed by atoms with Crippen LogP contribution in [0.15, 0.2) is 24.4 Å². The lowest BCUT2D eigenvalue weighted by molar-refractivity contribution is -0.120. The molecule has 0 bridgehead atoms. The lowest BCUT2D eigenvalue weighted by Crippen LogP contribution is -2.41. The van der Waals surface area contributed by atoms with Crippen molar-refractivity contribution >= 4 is 17.5 Å². The van der Waals surface area contributed by atoms with Gasteiger partial charge < -0.3 is 15.0 Å². The Balaban J connectivity index is 1.63. The highest BCUT2D eigenvalue weighted by Gasteiger charge is 2.27. The molecule has 8 nitrogen and oxygen atoms in total. The third kappa shape index (κ3) is 3.58. The van der Waals surface area contributed by atoms with Crippen LogP contribution in [0.2, 0.25) is 0 Å². The summed E-state index contributed by atoms with van der Waals surface area (Å²) in [5.41, 5.74) is 0. The van der Waals surface area contributed by atoms with Crippen LogP contribution in [-0.2, 0) is 11.8 Å². The molecule has 1 fully saturated rings. The molecule has 3 heterocycles. The number of carbonyl (C=O) groups excluding carboxylic acids is 1. The fourth-order valence-electron chi connectivity index (χ4n) is 2.70. The highest BCUT2D eigenvalue weighted by Crippen LogP contribution is 2.23. The zero-order valence-electron chi connectivity index (χ0n) is 13.3. The van der Waals surface area contributed by atoms with Gasteiger partial charge in [0.2, 0.25) is 11.8 Å². The number of aryl methyl sites for hydroxylation is 1. The Bertz CT molecular complexity index is 669. The van der Waals surface area contributed by atoms with Crippen molar-refractivity contribution in [3.63, 3.8) is 0 Å². The van der Waals surface area contributed by atoms with Crippen LogP contribution in [-0.4, -0.2) is 46.1 Å². The van der Waals surface area contributed by atoms with Crippen molar-refractivity contribution < 1.29 is 9.53 Å². The predicted octanol–water partition coefficient (Wildman–Crippen LogP) is 1.07. The van der Waals surface area contributed by atoms with Crippen LogP contribution in [0.3, 0.4) is 0 Å². The van der Waals surface area contributed by atoms with E-state index in [1.807, 2.05) is 13.1 Å². The van der Waals surface area contributed by atoms with Gasteiger partial charge in [-0.05, 0) is 18.9 Å². The third-order valence-corrected chi connectivity index (χ3v) is 3.92. The molecule has 1 aliphatic rings. The van der Waals surface area contributed by atoms with E-state index in [1.165, 1.54) is 0 Å². The maximum absolute atomic E-state index is 12.4. The number of ether oxygens (including phenoxy) is 1. The van der Waals surface area contributed by atoms with Crippen LogP contribution in [0, 0.1) is 5.92 Å². The second-order valence-corrected chi connectivity index (χ2v) is 5.58. The van der Waals surface area contributed by atoms with E-state index in [4.69, 9.17) is 4.74 Å². The zero-order chi connectivity index (χ0) is 16.2. The monoisotopic (exact) mass is 316 g/mol. The fraction of sp³-hybridized carbons (Fsp3) is 0.467. The molecule has 2 aromatic heterocycles. The molecule has 0 spiro atoms. The quantitative estimate of drug-likeness (QED) is 0.908. The van der Waals surface area contributed by atoms with Gasteiger partial charge in [0.05, 0.1) is 13.0 Å². The Morgan fingerprint density at radius 2 is 2.22 bits per heavy atom. The summed E-state index contributed by atoms with van der Waals surface area (Å²) in [6.45, 7) is 1.49. The smallest absolute Gasteiger partial charge is 0.233 e. The van der Waals surface area contributed by atoms with E-state index >= 15 is 0 Å². The first-order valence-electron chi connectivity index (χ1n) is 7.59. The normalized spacial score (nSPS) is 17.8. The average molecular weight is 316 g/mol. The first-order chi connectivity index (χ1) is 11.2. The zero-order valence-corrected chi connectivity index (χ0v) is 13.3. The Morgan fingerprint density at radius 3 is 2.87 bits per heavy atom. The maximum Gasteiger partial charge on any atom is 0.233 e. The summed E-state index contributed by atoms with van der Waals surface area (Å²) in [6, 6.07) is 5.43. The van der Waals surface area contributed by atoms with E-state index in [1.54, 1.807) is 30.1 Å². The molecular formula is C15H20N6O2. The second kappa shape index (κ2) is 6.64. The van der Waals surface area contributed by atoms with Gasteiger partial charge in [0, 0.05) is 38.5 Å². The van der Waals surface area contributed by atoms with Gasteiger partial charge in [-0.1, -0.05) is 0 Å². The molecule has 2 aromatic rings. The number of amides is 1. The number of hydrogen-bond donors (Lipinski definition) is 1. The number of nitrogens with one attached hydrogen (secondary N) is 1. The minimum absolute atomic E-state index is 0.00475. The van der Waals surface area contributed by atoms with Crippen LogP contribution < -0.4 is 15.0 Å². The average Bonchev–Trinajstić information content (AvgIpc) is 3.00. The number of hydrogen-bond acceptors (Lipinski definition) is 6. The molecule has 0 radical (unpaired) electrons. The first-order valence-corrected chi connectivity index (χ1v) is 7.59. The largest absolute Gasteiger partial charge is 0.480 e. The van der Waals surface area contributed by atoms with E-state index in [0.717, 1.165) is 25.2 Å². The van der Waals surface area contributed by atoms with E-state index in [0.29, 0.717) is 18.2 Å². The maximum atomic E-state index is 12.4. The minimum atomic E-state index is -0.0883. The summed E-state index contributed by atoms with van der Waals surface area (Å²) in [4.78, 5) is 14.5. The second-order valence-electron chi connectivity index (χ2n) is 5.58. The van der Waals surface area contributed by atoms with Crippen molar-refractivity contribution in [2.75, 3.05) is 30.4 Å². The highest BCUT2D eigenvalue weighted by molar-refractivity contribution is 5.92. The molecule has 0 aromatic carbocycles. The van der Waals surface area contributed by atoms with Crippen molar-refractivity contribution in [3.8, 4) is 5.88 Å². The molecule has 1 N–H and O–H groups in total. The van der Waals surface area contributed by atoms with Crippen LogP contribution in [0.4, 0.5) is 11.6 Å². The summed E-state index contributed by atoms with van der Waals surface area (Å²) >= 11 is 0. The van der Waals surface area contributed by atoms with Gasteiger partial charge in [0.25, 0.3) is 0 Å². The first kappa shape index (κ1) is 15.3. The Morgan fingerprint density at radius 1 is 1.35 bits per heavy atom. The Hall–Kier alpha value is -2.64.